The fraction of sp³-hybridized carbons (Fsp3) is 0.111. The van der Waals surface area contributed by atoms with Gasteiger partial charge in [0.1, 0.15) is 0 Å². The van der Waals surface area contributed by atoms with Gasteiger partial charge in [0.15, 0.2) is 9.84 Å². The van der Waals surface area contributed by atoms with E-state index in [0.29, 0.717) is 12.0 Å². The zero-order valence-electron chi connectivity index (χ0n) is 18.8. The number of carboxylic acids is 1. The van der Waals surface area contributed by atoms with Gasteiger partial charge in [-0.05, 0) is 64.1 Å². The summed E-state index contributed by atoms with van der Waals surface area (Å²) in [5, 5.41) is 16.9. The Morgan fingerprint density at radius 3 is 2.41 bits per heavy atom. The van der Waals surface area contributed by atoms with Crippen molar-refractivity contribution in [3.05, 3.63) is 101 Å². The molecule has 2 N–H and O–H groups in total. The molecule has 0 saturated carbocycles. The van der Waals surface area contributed by atoms with Crippen molar-refractivity contribution >= 4 is 43.9 Å². The van der Waals surface area contributed by atoms with Crippen LogP contribution in [0.15, 0.2) is 83.9 Å². The van der Waals surface area contributed by atoms with E-state index in [1.54, 1.807) is 18.3 Å². The Morgan fingerprint density at radius 2 is 1.74 bits per heavy atom. The number of benzene rings is 3. The van der Waals surface area contributed by atoms with Gasteiger partial charge in [-0.3, -0.25) is 5.10 Å². The van der Waals surface area contributed by atoms with Crippen LogP contribution in [-0.2, 0) is 14.6 Å². The molecule has 1 aromatic heterocycles. The molecule has 0 fully saturated rings. The minimum Gasteiger partial charge on any atom is -0.478 e. The number of carboxylic acid groups (broad SMARTS) is 1. The Balaban J connectivity index is 1.99. The van der Waals surface area contributed by atoms with E-state index in [1.807, 2.05) is 61.5 Å². The number of hydrogen-bond donors (Lipinski definition) is 2. The van der Waals surface area contributed by atoms with Crippen molar-refractivity contribution in [2.45, 2.75) is 18.2 Å². The quantitative estimate of drug-likeness (QED) is 0.276. The molecule has 0 aliphatic rings. The van der Waals surface area contributed by atoms with Crippen LogP contribution in [0.5, 0.6) is 0 Å². The summed E-state index contributed by atoms with van der Waals surface area (Å²) in [5.41, 5.74) is 5.98. The van der Waals surface area contributed by atoms with Gasteiger partial charge in [0, 0.05) is 17.7 Å². The number of allylic oxidation sites excluding steroid dienone is 1. The number of aliphatic carboxylic acids is 1. The first-order valence-corrected chi connectivity index (χ1v) is 12.6. The lowest BCUT2D eigenvalue weighted by molar-refractivity contribution is -0.131. The van der Waals surface area contributed by atoms with Gasteiger partial charge in [-0.15, -0.1) is 0 Å². The highest BCUT2D eigenvalue weighted by Crippen LogP contribution is 2.37. The average molecular weight is 473 g/mol. The van der Waals surface area contributed by atoms with Crippen LogP contribution in [0.1, 0.15) is 35.6 Å². The molecule has 0 aliphatic heterocycles. The minimum atomic E-state index is -3.45. The van der Waals surface area contributed by atoms with Crippen molar-refractivity contribution in [3.8, 4) is 0 Å². The van der Waals surface area contributed by atoms with Gasteiger partial charge >= 0.3 is 5.97 Å². The summed E-state index contributed by atoms with van der Waals surface area (Å²) in [6.45, 7) is 2.01. The van der Waals surface area contributed by atoms with Gasteiger partial charge in [0.25, 0.3) is 0 Å². The smallest absolute Gasteiger partial charge is 0.328 e. The highest BCUT2D eigenvalue weighted by Gasteiger charge is 2.20. The third-order valence-electron chi connectivity index (χ3n) is 5.61. The molecule has 1 heterocycles. The van der Waals surface area contributed by atoms with Crippen molar-refractivity contribution < 1.29 is 18.3 Å². The number of carbonyl (C=O) groups is 1. The number of fused-ring (bicyclic) bond motifs is 1. The zero-order valence-corrected chi connectivity index (χ0v) is 19.6. The number of aromatic amines is 1. The van der Waals surface area contributed by atoms with Gasteiger partial charge in [-0.1, -0.05) is 55.5 Å². The van der Waals surface area contributed by atoms with Crippen molar-refractivity contribution in [2.24, 2.45) is 0 Å². The maximum atomic E-state index is 12.6. The number of H-pyrrole nitrogens is 1. The summed E-state index contributed by atoms with van der Waals surface area (Å²) in [7, 11) is -3.45. The van der Waals surface area contributed by atoms with Gasteiger partial charge in [-0.25, -0.2) is 13.2 Å². The number of aromatic nitrogens is 2. The van der Waals surface area contributed by atoms with Gasteiger partial charge in [0.05, 0.1) is 16.6 Å². The number of nitrogens with zero attached hydrogens (tertiary/aromatic N) is 1. The van der Waals surface area contributed by atoms with E-state index >= 15 is 0 Å². The molecule has 6 nitrogen and oxygen atoms in total. The summed E-state index contributed by atoms with van der Waals surface area (Å²) in [6, 6.07) is 20.6. The third kappa shape index (κ3) is 4.84. The van der Waals surface area contributed by atoms with Crippen LogP contribution < -0.4 is 0 Å². The average Bonchev–Trinajstić information content (AvgIpc) is 3.29. The molecule has 0 amide bonds. The van der Waals surface area contributed by atoms with Crippen LogP contribution >= 0.6 is 0 Å². The maximum absolute atomic E-state index is 12.6. The summed E-state index contributed by atoms with van der Waals surface area (Å²) in [6.07, 6.45) is 6.21. The Hall–Kier alpha value is -3.97. The van der Waals surface area contributed by atoms with Crippen LogP contribution in [0.25, 0.3) is 28.1 Å². The molecule has 0 radical (unpaired) electrons. The van der Waals surface area contributed by atoms with Gasteiger partial charge in [0.2, 0.25) is 0 Å². The Bertz CT molecular complexity index is 1530. The first-order valence-electron chi connectivity index (χ1n) is 10.8. The largest absolute Gasteiger partial charge is 0.478 e. The summed E-state index contributed by atoms with van der Waals surface area (Å²) < 4.78 is 25.2. The van der Waals surface area contributed by atoms with Gasteiger partial charge < -0.3 is 5.11 Å². The molecule has 0 saturated heterocycles. The molecule has 4 rings (SSSR count). The molecule has 34 heavy (non-hydrogen) atoms. The van der Waals surface area contributed by atoms with E-state index in [4.69, 9.17) is 5.11 Å². The van der Waals surface area contributed by atoms with Crippen molar-refractivity contribution in [1.29, 1.82) is 0 Å². The first-order chi connectivity index (χ1) is 16.3. The topological polar surface area (TPSA) is 100 Å². The van der Waals surface area contributed by atoms with Gasteiger partial charge in [-0.2, -0.15) is 5.10 Å². The lowest BCUT2D eigenvalue weighted by Gasteiger charge is -2.18. The number of rotatable bonds is 7. The Morgan fingerprint density at radius 1 is 1.03 bits per heavy atom. The van der Waals surface area contributed by atoms with Crippen molar-refractivity contribution in [3.63, 3.8) is 0 Å². The normalized spacial score (nSPS) is 12.8. The molecule has 172 valence electrons. The molecule has 0 spiro atoms. The van der Waals surface area contributed by atoms with Crippen LogP contribution in [0, 0.1) is 0 Å². The van der Waals surface area contributed by atoms with E-state index < -0.39 is 15.8 Å². The van der Waals surface area contributed by atoms with E-state index in [9.17, 15) is 13.2 Å². The molecule has 0 bridgehead atoms. The van der Waals surface area contributed by atoms with Crippen molar-refractivity contribution in [2.75, 3.05) is 6.26 Å². The highest BCUT2D eigenvalue weighted by molar-refractivity contribution is 7.90. The van der Waals surface area contributed by atoms with E-state index in [0.717, 1.165) is 44.8 Å². The molecular formula is C27H24N2O4S. The summed E-state index contributed by atoms with van der Waals surface area (Å²) >= 11 is 0. The predicted octanol–water partition coefficient (Wildman–Crippen LogP) is 5.43. The molecule has 0 unspecified atom stereocenters. The van der Waals surface area contributed by atoms with E-state index in [2.05, 4.69) is 10.2 Å². The Labute approximate surface area is 198 Å². The predicted molar refractivity (Wildman–Crippen MR) is 135 cm³/mol. The van der Waals surface area contributed by atoms with Crippen LogP contribution in [0.2, 0.25) is 0 Å². The Kier molecular flexibility index (Phi) is 6.47. The second-order valence-corrected chi connectivity index (χ2v) is 9.93. The molecule has 4 aromatic rings. The molecule has 7 heteroatoms. The number of nitrogens with one attached hydrogen (secondary N) is 1. The van der Waals surface area contributed by atoms with Crippen molar-refractivity contribution in [1.82, 2.24) is 10.2 Å². The third-order valence-corrected chi connectivity index (χ3v) is 6.77. The standard InChI is InChI=1S/C27H24N2O4S/c1-3-22(23-6-4-5-7-25(23)34(2,32)33)27(20-13-14-24-21(16-20)17-28-29-24)19-11-8-18(9-12-19)10-15-26(30)31/h4-17H,3H2,1-2H3,(H,28,29)(H,30,31)/b15-10+,27-22-. The summed E-state index contributed by atoms with van der Waals surface area (Å²) in [4.78, 5) is 11.2. The second kappa shape index (κ2) is 9.49. The van der Waals surface area contributed by atoms with E-state index in [1.165, 1.54) is 12.3 Å². The van der Waals surface area contributed by atoms with Crippen LogP contribution in [-0.4, -0.2) is 35.9 Å². The molecular weight excluding hydrogens is 448 g/mol. The fourth-order valence-electron chi connectivity index (χ4n) is 4.08. The van der Waals surface area contributed by atoms with Crippen LogP contribution in [0.3, 0.4) is 0 Å². The fourth-order valence-corrected chi connectivity index (χ4v) is 5.00. The summed E-state index contributed by atoms with van der Waals surface area (Å²) in [5.74, 6) is -1.01. The minimum absolute atomic E-state index is 0.287. The molecule has 0 aliphatic carbocycles. The second-order valence-electron chi connectivity index (χ2n) is 7.94. The molecule has 0 atom stereocenters. The zero-order chi connectivity index (χ0) is 24.3. The lowest BCUT2D eigenvalue weighted by Crippen LogP contribution is -2.04. The monoisotopic (exact) mass is 472 g/mol. The number of hydrogen-bond acceptors (Lipinski definition) is 4. The lowest BCUT2D eigenvalue weighted by atomic mass is 9.87. The molecule has 3 aromatic carbocycles. The highest BCUT2D eigenvalue weighted by atomic mass is 32.2. The SMILES string of the molecule is CC/C(=C(\c1ccc(/C=C/C(=O)O)cc1)c1ccc2[nH]ncc2c1)c1ccccc1S(C)(=O)=O. The number of sulfone groups is 1. The van der Waals surface area contributed by atoms with E-state index in [-0.39, 0.29) is 4.90 Å². The first kappa shape index (κ1) is 23.2. The maximum Gasteiger partial charge on any atom is 0.328 e. The van der Waals surface area contributed by atoms with Crippen LogP contribution in [0.4, 0.5) is 0 Å².